The molecule has 5 heteroatoms. The highest BCUT2D eigenvalue weighted by Gasteiger charge is 2.18. The zero-order valence-electron chi connectivity index (χ0n) is 11.5. The molecule has 0 aliphatic heterocycles. The van der Waals surface area contributed by atoms with Crippen molar-refractivity contribution in [2.24, 2.45) is 0 Å². The first-order chi connectivity index (χ1) is 10.0. The molecule has 0 heterocycles. The van der Waals surface area contributed by atoms with Crippen LogP contribution in [0.15, 0.2) is 40.9 Å². The molecule has 2 rings (SSSR count). The fraction of sp³-hybridized carbons (Fsp3) is 0.250. The summed E-state index contributed by atoms with van der Waals surface area (Å²) in [7, 11) is 0. The first-order valence-corrected chi connectivity index (χ1v) is 7.81. The highest BCUT2D eigenvalue weighted by Crippen LogP contribution is 2.30. The standard InChI is InChI=1S/C16H15BrClF2N/c1-2-21-16(7-10-5-3-4-6-14(10)19)11-8-13(18)12(17)9-15(11)20/h3-6,8-9,16,21H,2,7H2,1H3. The Balaban J connectivity index is 2.35. The van der Waals surface area contributed by atoms with Crippen molar-refractivity contribution >= 4 is 27.5 Å². The van der Waals surface area contributed by atoms with Crippen molar-refractivity contribution in [2.75, 3.05) is 6.54 Å². The van der Waals surface area contributed by atoms with Crippen molar-refractivity contribution in [3.63, 3.8) is 0 Å². The van der Waals surface area contributed by atoms with Gasteiger partial charge in [-0.25, -0.2) is 8.78 Å². The van der Waals surface area contributed by atoms with Crippen molar-refractivity contribution in [1.29, 1.82) is 0 Å². The molecule has 2 aromatic rings. The van der Waals surface area contributed by atoms with Crippen LogP contribution in [0.25, 0.3) is 0 Å². The summed E-state index contributed by atoms with van der Waals surface area (Å²) in [5.41, 5.74) is 0.982. The maximum atomic E-state index is 14.2. The second-order valence-corrected chi connectivity index (χ2v) is 5.96. The fourth-order valence-electron chi connectivity index (χ4n) is 2.23. The van der Waals surface area contributed by atoms with E-state index >= 15 is 0 Å². The Morgan fingerprint density at radius 1 is 1.19 bits per heavy atom. The van der Waals surface area contributed by atoms with Crippen molar-refractivity contribution in [3.8, 4) is 0 Å². The van der Waals surface area contributed by atoms with Crippen LogP contribution in [0.5, 0.6) is 0 Å². The summed E-state index contributed by atoms with van der Waals surface area (Å²) in [5.74, 6) is -0.655. The summed E-state index contributed by atoms with van der Waals surface area (Å²) in [4.78, 5) is 0. The van der Waals surface area contributed by atoms with E-state index in [0.717, 1.165) is 0 Å². The van der Waals surface area contributed by atoms with E-state index in [1.54, 1.807) is 24.3 Å². The van der Waals surface area contributed by atoms with Crippen molar-refractivity contribution in [1.82, 2.24) is 5.32 Å². The van der Waals surface area contributed by atoms with Crippen molar-refractivity contribution in [3.05, 3.63) is 68.7 Å². The Kier molecular flexibility index (Phi) is 5.73. The smallest absolute Gasteiger partial charge is 0.129 e. The summed E-state index contributed by atoms with van der Waals surface area (Å²) in [5, 5.41) is 3.61. The molecule has 1 unspecified atom stereocenters. The third kappa shape index (κ3) is 4.02. The Hall–Kier alpha value is -0.970. The molecule has 0 aromatic heterocycles. The zero-order valence-corrected chi connectivity index (χ0v) is 13.8. The number of likely N-dealkylation sites (N-methyl/N-ethyl adjacent to an activating group) is 1. The summed E-state index contributed by atoms with van der Waals surface area (Å²) >= 11 is 9.24. The van der Waals surface area contributed by atoms with Gasteiger partial charge in [-0.15, -0.1) is 0 Å². The van der Waals surface area contributed by atoms with Crippen LogP contribution in [0.3, 0.4) is 0 Å². The summed E-state index contributed by atoms with van der Waals surface area (Å²) in [6.07, 6.45) is 0.357. The molecule has 0 amide bonds. The van der Waals surface area contributed by atoms with E-state index < -0.39 is 0 Å². The lowest BCUT2D eigenvalue weighted by molar-refractivity contribution is 0.498. The molecule has 21 heavy (non-hydrogen) atoms. The Bertz CT molecular complexity index is 634. The average molecular weight is 375 g/mol. The van der Waals surface area contributed by atoms with Crippen LogP contribution in [0.4, 0.5) is 8.78 Å². The lowest BCUT2D eigenvalue weighted by Crippen LogP contribution is -2.24. The monoisotopic (exact) mass is 373 g/mol. The highest BCUT2D eigenvalue weighted by molar-refractivity contribution is 9.10. The van der Waals surface area contributed by atoms with E-state index in [2.05, 4.69) is 21.2 Å². The lowest BCUT2D eigenvalue weighted by Gasteiger charge is -2.20. The fourth-order valence-corrected chi connectivity index (χ4v) is 2.71. The Labute approximate surface area is 136 Å². The maximum absolute atomic E-state index is 14.2. The Morgan fingerprint density at radius 3 is 2.57 bits per heavy atom. The molecule has 0 fully saturated rings. The molecular weight excluding hydrogens is 360 g/mol. The van der Waals surface area contributed by atoms with Gasteiger partial charge >= 0.3 is 0 Å². The van der Waals surface area contributed by atoms with Crippen LogP contribution in [-0.4, -0.2) is 6.54 Å². The topological polar surface area (TPSA) is 12.0 Å². The molecule has 0 saturated heterocycles. The van der Waals surface area contributed by atoms with Crippen LogP contribution in [-0.2, 0) is 6.42 Å². The number of rotatable bonds is 5. The van der Waals surface area contributed by atoms with Crippen LogP contribution < -0.4 is 5.32 Å². The van der Waals surface area contributed by atoms with Crippen LogP contribution in [0.2, 0.25) is 5.02 Å². The van der Waals surface area contributed by atoms with Gasteiger partial charge in [0, 0.05) is 16.1 Å². The number of benzene rings is 2. The lowest BCUT2D eigenvalue weighted by atomic mass is 9.98. The zero-order chi connectivity index (χ0) is 15.4. The normalized spacial score (nSPS) is 12.4. The molecule has 112 valence electrons. The van der Waals surface area contributed by atoms with Crippen molar-refractivity contribution in [2.45, 2.75) is 19.4 Å². The summed E-state index contributed by atoms with van der Waals surface area (Å²) < 4.78 is 28.5. The summed E-state index contributed by atoms with van der Waals surface area (Å²) in [6, 6.07) is 9.10. The SMILES string of the molecule is CCNC(Cc1ccccc1F)c1cc(Cl)c(Br)cc1F. The second-order valence-electron chi connectivity index (χ2n) is 4.69. The third-order valence-corrected chi connectivity index (χ3v) is 4.44. The number of hydrogen-bond donors (Lipinski definition) is 1. The van der Waals surface area contributed by atoms with Crippen LogP contribution in [0.1, 0.15) is 24.1 Å². The molecule has 1 nitrogen and oxygen atoms in total. The van der Waals surface area contributed by atoms with Gasteiger partial charge in [-0.2, -0.15) is 0 Å². The van der Waals surface area contributed by atoms with Gasteiger partial charge in [0.15, 0.2) is 0 Å². The molecule has 0 aliphatic carbocycles. The predicted octanol–water partition coefficient (Wildman–Crippen LogP) is 5.27. The minimum absolute atomic E-state index is 0.288. The highest BCUT2D eigenvalue weighted by atomic mass is 79.9. The number of hydrogen-bond acceptors (Lipinski definition) is 1. The van der Waals surface area contributed by atoms with Gasteiger partial charge in [-0.3, -0.25) is 0 Å². The van der Waals surface area contributed by atoms with Gasteiger partial charge < -0.3 is 5.32 Å². The molecule has 1 atom stereocenters. The van der Waals surface area contributed by atoms with Gasteiger partial charge in [-0.05, 0) is 52.7 Å². The maximum Gasteiger partial charge on any atom is 0.129 e. The molecule has 1 N–H and O–H groups in total. The molecule has 0 radical (unpaired) electrons. The summed E-state index contributed by atoms with van der Waals surface area (Å²) in [6.45, 7) is 2.57. The van der Waals surface area contributed by atoms with Gasteiger partial charge in [0.2, 0.25) is 0 Å². The first kappa shape index (κ1) is 16.4. The van der Waals surface area contributed by atoms with E-state index in [9.17, 15) is 8.78 Å². The van der Waals surface area contributed by atoms with Crippen LogP contribution in [0, 0.1) is 11.6 Å². The van der Waals surface area contributed by atoms with E-state index in [1.165, 1.54) is 12.1 Å². The van der Waals surface area contributed by atoms with E-state index in [4.69, 9.17) is 11.6 Å². The largest absolute Gasteiger partial charge is 0.310 e. The Morgan fingerprint density at radius 2 is 1.90 bits per heavy atom. The first-order valence-electron chi connectivity index (χ1n) is 6.64. The van der Waals surface area contributed by atoms with Crippen LogP contribution >= 0.6 is 27.5 Å². The third-order valence-electron chi connectivity index (χ3n) is 3.25. The minimum atomic E-state index is -0.367. The van der Waals surface area contributed by atoms with Gasteiger partial charge in [-0.1, -0.05) is 36.7 Å². The number of nitrogens with one attached hydrogen (secondary N) is 1. The molecule has 0 spiro atoms. The number of halogens is 4. The average Bonchev–Trinajstić information content (AvgIpc) is 2.45. The quantitative estimate of drug-likeness (QED) is 0.703. The molecule has 0 saturated carbocycles. The minimum Gasteiger partial charge on any atom is -0.310 e. The van der Waals surface area contributed by atoms with Crippen molar-refractivity contribution < 1.29 is 8.78 Å². The van der Waals surface area contributed by atoms with Gasteiger partial charge in [0.1, 0.15) is 11.6 Å². The van der Waals surface area contributed by atoms with Gasteiger partial charge in [0.25, 0.3) is 0 Å². The molecule has 0 bridgehead atoms. The molecule has 2 aromatic carbocycles. The molecule has 0 aliphatic rings. The molecular formula is C16H15BrClF2N. The van der Waals surface area contributed by atoms with Gasteiger partial charge in [0.05, 0.1) is 5.02 Å². The second kappa shape index (κ2) is 7.34. The van der Waals surface area contributed by atoms with E-state index in [1.807, 2.05) is 6.92 Å². The predicted molar refractivity (Wildman–Crippen MR) is 85.6 cm³/mol. The van der Waals surface area contributed by atoms with E-state index in [0.29, 0.717) is 33.6 Å². The van der Waals surface area contributed by atoms with E-state index in [-0.39, 0.29) is 17.7 Å².